The van der Waals surface area contributed by atoms with Crippen LogP contribution in [0.25, 0.3) is 16.6 Å². The van der Waals surface area contributed by atoms with E-state index in [0.717, 1.165) is 42.4 Å². The van der Waals surface area contributed by atoms with E-state index in [4.69, 9.17) is 10.5 Å². The van der Waals surface area contributed by atoms with Crippen LogP contribution < -0.4 is 20.7 Å². The van der Waals surface area contributed by atoms with E-state index in [1.807, 2.05) is 0 Å². The van der Waals surface area contributed by atoms with E-state index >= 15 is 4.39 Å². The number of rotatable bonds is 6. The molecule has 0 bridgehead atoms. The quantitative estimate of drug-likeness (QED) is 0.158. The topological polar surface area (TPSA) is 148 Å². The van der Waals surface area contributed by atoms with Crippen molar-refractivity contribution >= 4 is 40.1 Å². The summed E-state index contributed by atoms with van der Waals surface area (Å²) >= 11 is 0. The van der Waals surface area contributed by atoms with E-state index in [9.17, 15) is 23.2 Å². The number of benzene rings is 2. The smallest absolute Gasteiger partial charge is 0.329 e. The molecule has 1 aliphatic carbocycles. The van der Waals surface area contributed by atoms with Gasteiger partial charge in [0, 0.05) is 17.0 Å². The average Bonchev–Trinajstić information content (AvgIpc) is 3.68. The van der Waals surface area contributed by atoms with Gasteiger partial charge in [-0.2, -0.15) is 5.10 Å². The van der Waals surface area contributed by atoms with Crippen LogP contribution in [-0.4, -0.2) is 43.0 Å². The number of pyridine rings is 1. The average molecular weight is 630 g/mol. The number of amides is 3. The molecule has 0 unspecified atom stereocenters. The lowest BCUT2D eigenvalue weighted by molar-refractivity contribution is -0.123. The number of urea groups is 1. The monoisotopic (exact) mass is 629 g/mol. The molecule has 14 heteroatoms. The highest BCUT2D eigenvalue weighted by molar-refractivity contribution is 6.24. The minimum atomic E-state index is -1.02. The van der Waals surface area contributed by atoms with Gasteiger partial charge in [0.1, 0.15) is 17.2 Å². The number of ketones is 1. The first-order valence-electron chi connectivity index (χ1n) is 14.5. The molecule has 0 atom stereocenters. The van der Waals surface area contributed by atoms with Crippen LogP contribution >= 0.6 is 0 Å². The Morgan fingerprint density at radius 1 is 0.978 bits per heavy atom. The number of anilines is 2. The minimum absolute atomic E-state index is 0.0219. The van der Waals surface area contributed by atoms with Crippen LogP contribution in [-0.2, 0) is 4.79 Å². The number of para-hydroxylation sites is 1. The molecule has 46 heavy (non-hydrogen) atoms. The first kappa shape index (κ1) is 29.1. The molecule has 2 aromatic carbocycles. The number of aromatic amines is 1. The molecule has 3 amide bonds. The molecule has 1 spiro atoms. The summed E-state index contributed by atoms with van der Waals surface area (Å²) in [4.78, 5) is 47.6. The van der Waals surface area contributed by atoms with Gasteiger partial charge < -0.3 is 20.8 Å². The molecule has 7 rings (SSSR count). The van der Waals surface area contributed by atoms with Gasteiger partial charge >= 0.3 is 6.03 Å². The van der Waals surface area contributed by atoms with E-state index < -0.39 is 46.5 Å². The second kappa shape index (κ2) is 10.8. The minimum Gasteiger partial charge on any atom is -0.433 e. The molecule has 234 valence electrons. The second-order valence-corrected chi connectivity index (χ2v) is 11.4. The number of fused-ring (bicyclic) bond motifs is 1. The van der Waals surface area contributed by atoms with Crippen LogP contribution in [0.15, 0.2) is 54.9 Å². The number of nitrogens with two attached hydrogens (primary N) is 1. The fourth-order valence-electron chi connectivity index (χ4n) is 6.12. The summed E-state index contributed by atoms with van der Waals surface area (Å²) in [7, 11) is 0. The molecule has 1 saturated carbocycles. The zero-order chi connectivity index (χ0) is 32.3. The van der Waals surface area contributed by atoms with E-state index in [1.165, 1.54) is 41.3 Å². The summed E-state index contributed by atoms with van der Waals surface area (Å²) in [6.07, 6.45) is 6.13. The lowest BCUT2D eigenvalue weighted by Gasteiger charge is -2.30. The van der Waals surface area contributed by atoms with Crippen molar-refractivity contribution in [2.45, 2.75) is 44.6 Å². The number of H-pyrrole nitrogens is 1. The number of carbonyl (C=O) groups excluding carboxylic acids is 3. The van der Waals surface area contributed by atoms with Crippen molar-refractivity contribution in [3.05, 3.63) is 89.1 Å². The molecule has 3 aromatic heterocycles. The van der Waals surface area contributed by atoms with Crippen LogP contribution in [0.3, 0.4) is 0 Å². The number of hydrogen-bond donors (Lipinski definition) is 3. The molecule has 11 nitrogen and oxygen atoms in total. The van der Waals surface area contributed by atoms with E-state index in [-0.39, 0.29) is 28.6 Å². The fraction of sp³-hybridized carbons (Fsp3) is 0.219. The number of imide groups is 1. The lowest BCUT2D eigenvalue weighted by Crippen LogP contribution is -2.48. The maximum atomic E-state index is 15.3. The first-order valence-corrected chi connectivity index (χ1v) is 14.5. The summed E-state index contributed by atoms with van der Waals surface area (Å²) in [6.45, 7) is 1.68. The number of aryl methyl sites for hydroxylation is 1. The third-order valence-corrected chi connectivity index (χ3v) is 8.51. The fourth-order valence-corrected chi connectivity index (χ4v) is 6.12. The number of carbonyl (C=O) groups is 3. The normalized spacial score (nSPS) is 16.0. The number of nitrogens with one attached hydrogen (secondary N) is 2. The number of ether oxygens (including phenoxy) is 1. The summed E-state index contributed by atoms with van der Waals surface area (Å²) < 4.78 is 50.0. The van der Waals surface area contributed by atoms with Crippen molar-refractivity contribution in [2.24, 2.45) is 0 Å². The molecule has 5 aromatic rings. The maximum Gasteiger partial charge on any atom is 0.329 e. The summed E-state index contributed by atoms with van der Waals surface area (Å²) in [5.41, 5.74) is 6.44. The molecule has 1 saturated heterocycles. The predicted molar refractivity (Wildman–Crippen MR) is 160 cm³/mol. The van der Waals surface area contributed by atoms with Crippen LogP contribution in [0.5, 0.6) is 11.6 Å². The zero-order valence-electron chi connectivity index (χ0n) is 24.4. The van der Waals surface area contributed by atoms with Gasteiger partial charge in [0.15, 0.2) is 11.6 Å². The van der Waals surface area contributed by atoms with E-state index in [1.54, 1.807) is 6.92 Å². The number of halogens is 3. The van der Waals surface area contributed by atoms with Crippen molar-refractivity contribution in [3.8, 4) is 17.3 Å². The molecular formula is C32H26F3N7O4. The summed E-state index contributed by atoms with van der Waals surface area (Å²) in [5, 5.41) is 7.35. The molecule has 2 fully saturated rings. The highest BCUT2D eigenvalue weighted by Crippen LogP contribution is 2.38. The standard InChI is InChI=1S/C32H26F3N7O4/c1-16-10-26(46-28-19(33)6-5-7-20(28)34)37-15-25(16)42-29(36)18(14-38-42)27(43)23-12-17-11-21(35)24(13-22(17)39-23)41-30(44)32(40-31(41)45)8-3-2-4-9-32/h5-7,10-15,39H,2-4,8-9,36H2,1H3,(H,40,45). The second-order valence-electron chi connectivity index (χ2n) is 11.4. The zero-order valence-corrected chi connectivity index (χ0v) is 24.4. The van der Waals surface area contributed by atoms with Crippen LogP contribution in [0, 0.1) is 24.4 Å². The van der Waals surface area contributed by atoms with Crippen molar-refractivity contribution < 1.29 is 32.3 Å². The van der Waals surface area contributed by atoms with Gasteiger partial charge in [-0.05, 0) is 55.7 Å². The first-order chi connectivity index (χ1) is 22.1. The number of aromatic nitrogens is 4. The largest absolute Gasteiger partial charge is 0.433 e. The Labute approximate surface area is 259 Å². The third kappa shape index (κ3) is 4.64. The molecule has 0 radical (unpaired) electrons. The van der Waals surface area contributed by atoms with Gasteiger partial charge in [0.05, 0.1) is 35.0 Å². The van der Waals surface area contributed by atoms with Gasteiger partial charge in [-0.3, -0.25) is 9.59 Å². The Morgan fingerprint density at radius 2 is 1.72 bits per heavy atom. The van der Waals surface area contributed by atoms with Crippen LogP contribution in [0.4, 0.5) is 29.5 Å². The molecular weight excluding hydrogens is 603 g/mol. The summed E-state index contributed by atoms with van der Waals surface area (Å²) in [5.74, 6) is -4.28. The van der Waals surface area contributed by atoms with Gasteiger partial charge in [-0.1, -0.05) is 25.3 Å². The number of nitrogens with zero attached hydrogens (tertiary/aromatic N) is 4. The molecule has 4 N–H and O–H groups in total. The van der Waals surface area contributed by atoms with Crippen LogP contribution in [0.1, 0.15) is 53.7 Å². The van der Waals surface area contributed by atoms with Crippen molar-refractivity contribution in [2.75, 3.05) is 10.6 Å². The Hall–Kier alpha value is -5.66. The van der Waals surface area contributed by atoms with E-state index in [2.05, 4.69) is 20.4 Å². The Bertz CT molecular complexity index is 2060. The third-order valence-electron chi connectivity index (χ3n) is 8.51. The SMILES string of the molecule is Cc1cc(Oc2c(F)cccc2F)ncc1-n1ncc(C(=O)c2cc3cc(F)c(N4C(=O)NC5(CCCCC5)C4=O)cc3[nH]2)c1N. The van der Waals surface area contributed by atoms with Crippen LogP contribution in [0.2, 0.25) is 0 Å². The van der Waals surface area contributed by atoms with Gasteiger partial charge in [0.2, 0.25) is 17.4 Å². The highest BCUT2D eigenvalue weighted by atomic mass is 19.1. The predicted octanol–water partition coefficient (Wildman–Crippen LogP) is 5.84. The Morgan fingerprint density at radius 3 is 2.43 bits per heavy atom. The van der Waals surface area contributed by atoms with Gasteiger partial charge in [-0.25, -0.2) is 32.5 Å². The molecule has 2 aliphatic rings. The van der Waals surface area contributed by atoms with Crippen molar-refractivity contribution in [3.63, 3.8) is 0 Å². The van der Waals surface area contributed by atoms with Crippen molar-refractivity contribution in [1.82, 2.24) is 25.1 Å². The highest BCUT2D eigenvalue weighted by Gasteiger charge is 2.52. The lowest BCUT2D eigenvalue weighted by atomic mass is 9.81. The molecule has 4 heterocycles. The number of nitrogen functional groups attached to an aromatic ring is 1. The van der Waals surface area contributed by atoms with Gasteiger partial charge in [-0.15, -0.1) is 0 Å². The maximum absolute atomic E-state index is 15.3. The van der Waals surface area contributed by atoms with Crippen molar-refractivity contribution in [1.29, 1.82) is 0 Å². The van der Waals surface area contributed by atoms with Gasteiger partial charge in [0.25, 0.3) is 5.91 Å². The van der Waals surface area contributed by atoms with E-state index in [0.29, 0.717) is 35.0 Å². The molecule has 1 aliphatic heterocycles. The Balaban J connectivity index is 1.15. The Kier molecular flexibility index (Phi) is 6.80. The summed E-state index contributed by atoms with van der Waals surface area (Å²) in [6, 6.07) is 8.02. The number of hydrogen-bond acceptors (Lipinski definition) is 7.